The lowest BCUT2D eigenvalue weighted by atomic mass is 10.1. The SMILES string of the molecule is Cn1ccc(N[C@@H](C(N)=O)c2cccc(Br)c2)n1. The van der Waals surface area contributed by atoms with Gasteiger partial charge in [0, 0.05) is 23.8 Å². The van der Waals surface area contributed by atoms with Gasteiger partial charge in [-0.2, -0.15) is 5.10 Å². The number of carbonyl (C=O) groups is 1. The van der Waals surface area contributed by atoms with Gasteiger partial charge in [0.25, 0.3) is 0 Å². The average Bonchev–Trinajstić information content (AvgIpc) is 2.71. The molecular formula is C12H13BrN4O. The highest BCUT2D eigenvalue weighted by Gasteiger charge is 2.18. The normalized spacial score (nSPS) is 12.1. The zero-order chi connectivity index (χ0) is 13.1. The monoisotopic (exact) mass is 308 g/mol. The topological polar surface area (TPSA) is 72.9 Å². The lowest BCUT2D eigenvalue weighted by molar-refractivity contribution is -0.118. The molecule has 94 valence electrons. The molecule has 0 spiro atoms. The summed E-state index contributed by atoms with van der Waals surface area (Å²) in [6, 6.07) is 8.63. The second-order valence-corrected chi connectivity index (χ2v) is 4.83. The summed E-state index contributed by atoms with van der Waals surface area (Å²) >= 11 is 3.37. The van der Waals surface area contributed by atoms with E-state index in [9.17, 15) is 4.79 Å². The Balaban J connectivity index is 2.26. The molecule has 0 saturated heterocycles. The van der Waals surface area contributed by atoms with Crippen LogP contribution >= 0.6 is 15.9 Å². The van der Waals surface area contributed by atoms with Crippen molar-refractivity contribution in [2.75, 3.05) is 5.32 Å². The minimum Gasteiger partial charge on any atom is -0.368 e. The van der Waals surface area contributed by atoms with Crippen LogP contribution in [0.1, 0.15) is 11.6 Å². The molecule has 2 rings (SSSR count). The lowest BCUT2D eigenvalue weighted by Crippen LogP contribution is -2.27. The Morgan fingerprint density at radius 3 is 2.83 bits per heavy atom. The van der Waals surface area contributed by atoms with Crippen LogP contribution in [0.2, 0.25) is 0 Å². The number of primary amides is 1. The van der Waals surface area contributed by atoms with Crippen LogP contribution in [-0.4, -0.2) is 15.7 Å². The molecule has 0 radical (unpaired) electrons. The van der Waals surface area contributed by atoms with E-state index in [-0.39, 0.29) is 0 Å². The van der Waals surface area contributed by atoms with Crippen LogP contribution in [0.4, 0.5) is 5.82 Å². The minimum absolute atomic E-state index is 0.446. The van der Waals surface area contributed by atoms with Gasteiger partial charge in [0.1, 0.15) is 11.9 Å². The first kappa shape index (κ1) is 12.6. The molecule has 0 aliphatic carbocycles. The van der Waals surface area contributed by atoms with Crippen molar-refractivity contribution < 1.29 is 4.79 Å². The Labute approximate surface area is 113 Å². The van der Waals surface area contributed by atoms with Gasteiger partial charge < -0.3 is 11.1 Å². The molecule has 6 heteroatoms. The first-order valence-electron chi connectivity index (χ1n) is 5.37. The van der Waals surface area contributed by atoms with E-state index in [4.69, 9.17) is 5.73 Å². The maximum Gasteiger partial charge on any atom is 0.244 e. The number of amides is 1. The quantitative estimate of drug-likeness (QED) is 0.905. The second kappa shape index (κ2) is 5.22. The van der Waals surface area contributed by atoms with Crippen LogP contribution in [0.5, 0.6) is 0 Å². The van der Waals surface area contributed by atoms with Gasteiger partial charge in [-0.1, -0.05) is 28.1 Å². The van der Waals surface area contributed by atoms with Crippen LogP contribution in [-0.2, 0) is 11.8 Å². The van der Waals surface area contributed by atoms with Gasteiger partial charge in [-0.25, -0.2) is 0 Å². The smallest absolute Gasteiger partial charge is 0.244 e. The predicted molar refractivity (Wildman–Crippen MR) is 72.9 cm³/mol. The summed E-state index contributed by atoms with van der Waals surface area (Å²) in [5, 5.41) is 7.18. The molecule has 1 aromatic heterocycles. The third-order valence-electron chi connectivity index (χ3n) is 2.47. The second-order valence-electron chi connectivity index (χ2n) is 3.91. The highest BCUT2D eigenvalue weighted by atomic mass is 79.9. The first-order chi connectivity index (χ1) is 8.56. The predicted octanol–water partition coefficient (Wildman–Crippen LogP) is 1.82. The summed E-state index contributed by atoms with van der Waals surface area (Å²) in [7, 11) is 1.81. The minimum atomic E-state index is -0.600. The van der Waals surface area contributed by atoms with Gasteiger partial charge in [0.15, 0.2) is 0 Å². The molecule has 0 unspecified atom stereocenters. The standard InChI is InChI=1S/C12H13BrN4O/c1-17-6-5-10(16-17)15-11(12(14)18)8-3-2-4-9(13)7-8/h2-7,11H,1H3,(H2,14,18)(H,15,16)/t11-/m1/s1. The van der Waals surface area contributed by atoms with Gasteiger partial charge in [0.2, 0.25) is 5.91 Å². The van der Waals surface area contributed by atoms with Crippen LogP contribution < -0.4 is 11.1 Å². The number of aromatic nitrogens is 2. The summed E-state index contributed by atoms with van der Waals surface area (Å²) in [4.78, 5) is 11.5. The Morgan fingerprint density at radius 1 is 1.50 bits per heavy atom. The molecule has 1 atom stereocenters. The molecule has 0 fully saturated rings. The molecule has 0 saturated carbocycles. The Bertz CT molecular complexity index is 567. The number of benzene rings is 1. The zero-order valence-electron chi connectivity index (χ0n) is 9.80. The van der Waals surface area contributed by atoms with E-state index in [1.807, 2.05) is 31.3 Å². The molecule has 1 heterocycles. The molecule has 1 aromatic carbocycles. The third kappa shape index (κ3) is 2.89. The third-order valence-corrected chi connectivity index (χ3v) is 2.97. The number of hydrogen-bond donors (Lipinski definition) is 2. The molecule has 5 nitrogen and oxygen atoms in total. The summed E-state index contributed by atoms with van der Waals surface area (Å²) in [6.45, 7) is 0. The fraction of sp³-hybridized carbons (Fsp3) is 0.167. The van der Waals surface area contributed by atoms with Gasteiger partial charge in [-0.15, -0.1) is 0 Å². The van der Waals surface area contributed by atoms with Crippen molar-refractivity contribution >= 4 is 27.7 Å². The van der Waals surface area contributed by atoms with Crippen molar-refractivity contribution in [3.63, 3.8) is 0 Å². The first-order valence-corrected chi connectivity index (χ1v) is 6.16. The summed E-state index contributed by atoms with van der Waals surface area (Å²) < 4.78 is 2.55. The zero-order valence-corrected chi connectivity index (χ0v) is 11.4. The molecule has 0 aliphatic rings. The molecule has 18 heavy (non-hydrogen) atoms. The van der Waals surface area contributed by atoms with E-state index in [1.165, 1.54) is 0 Å². The van der Waals surface area contributed by atoms with Crippen LogP contribution in [0, 0.1) is 0 Å². The van der Waals surface area contributed by atoms with E-state index in [1.54, 1.807) is 16.9 Å². The van der Waals surface area contributed by atoms with Crippen LogP contribution in [0.25, 0.3) is 0 Å². The maximum atomic E-state index is 11.5. The van der Waals surface area contributed by atoms with Crippen molar-refractivity contribution in [3.8, 4) is 0 Å². The maximum absolute atomic E-state index is 11.5. The number of nitrogens with zero attached hydrogens (tertiary/aromatic N) is 2. The number of carbonyl (C=O) groups excluding carboxylic acids is 1. The number of nitrogens with two attached hydrogens (primary N) is 1. The number of hydrogen-bond acceptors (Lipinski definition) is 3. The van der Waals surface area contributed by atoms with Gasteiger partial charge >= 0.3 is 0 Å². The fourth-order valence-corrected chi connectivity index (χ4v) is 2.06. The van der Waals surface area contributed by atoms with Gasteiger partial charge in [-0.05, 0) is 17.7 Å². The van der Waals surface area contributed by atoms with Gasteiger partial charge in [0.05, 0.1) is 0 Å². The number of rotatable bonds is 4. The highest BCUT2D eigenvalue weighted by Crippen LogP contribution is 2.21. The molecule has 0 aliphatic heterocycles. The van der Waals surface area contributed by atoms with Crippen molar-refractivity contribution in [2.45, 2.75) is 6.04 Å². The van der Waals surface area contributed by atoms with Crippen LogP contribution in [0.15, 0.2) is 41.0 Å². The highest BCUT2D eigenvalue weighted by molar-refractivity contribution is 9.10. The lowest BCUT2D eigenvalue weighted by Gasteiger charge is -2.15. The largest absolute Gasteiger partial charge is 0.368 e. The van der Waals surface area contributed by atoms with E-state index in [0.717, 1.165) is 10.0 Å². The molecule has 2 aromatic rings. The van der Waals surface area contributed by atoms with E-state index in [0.29, 0.717) is 5.82 Å². The van der Waals surface area contributed by atoms with Crippen molar-refractivity contribution in [1.29, 1.82) is 0 Å². The molecule has 1 amide bonds. The van der Waals surface area contributed by atoms with E-state index < -0.39 is 11.9 Å². The Hall–Kier alpha value is -1.82. The number of halogens is 1. The summed E-state index contributed by atoms with van der Waals surface area (Å²) in [5.41, 5.74) is 6.22. The molecular weight excluding hydrogens is 296 g/mol. The van der Waals surface area contributed by atoms with Crippen molar-refractivity contribution in [2.24, 2.45) is 12.8 Å². The summed E-state index contributed by atoms with van der Waals surface area (Å²) in [6.07, 6.45) is 1.79. The van der Waals surface area contributed by atoms with Gasteiger partial charge in [-0.3, -0.25) is 9.48 Å². The Morgan fingerprint density at radius 2 is 2.28 bits per heavy atom. The molecule has 0 bridgehead atoms. The number of aryl methyl sites for hydroxylation is 1. The summed E-state index contributed by atoms with van der Waals surface area (Å²) in [5.74, 6) is 0.167. The number of nitrogens with one attached hydrogen (secondary N) is 1. The molecule has 3 N–H and O–H groups in total. The fourth-order valence-electron chi connectivity index (χ4n) is 1.64. The van der Waals surface area contributed by atoms with E-state index in [2.05, 4.69) is 26.3 Å². The Kier molecular flexibility index (Phi) is 3.66. The van der Waals surface area contributed by atoms with E-state index >= 15 is 0 Å². The van der Waals surface area contributed by atoms with Crippen molar-refractivity contribution in [1.82, 2.24) is 9.78 Å². The number of anilines is 1. The average molecular weight is 309 g/mol. The van der Waals surface area contributed by atoms with Crippen LogP contribution in [0.3, 0.4) is 0 Å². The van der Waals surface area contributed by atoms with Crippen molar-refractivity contribution in [3.05, 3.63) is 46.6 Å².